The molecular formula is C50H43N3. The molecule has 0 saturated heterocycles. The number of benzene rings is 7. The van der Waals surface area contributed by atoms with Crippen LogP contribution >= 0.6 is 0 Å². The van der Waals surface area contributed by atoms with Crippen LogP contribution in [-0.2, 0) is 0 Å². The van der Waals surface area contributed by atoms with E-state index in [0.29, 0.717) is 5.92 Å². The van der Waals surface area contributed by atoms with E-state index in [-0.39, 0.29) is 0 Å². The molecule has 1 N–H and O–H groups in total. The highest BCUT2D eigenvalue weighted by Crippen LogP contribution is 2.40. The quantitative estimate of drug-likeness (QED) is 0.0931. The Labute approximate surface area is 313 Å². The molecule has 8 rings (SSSR count). The van der Waals surface area contributed by atoms with Crippen molar-refractivity contribution in [1.82, 2.24) is 0 Å². The van der Waals surface area contributed by atoms with Crippen LogP contribution in [0, 0.1) is 11.3 Å². The van der Waals surface area contributed by atoms with E-state index in [1.807, 2.05) is 12.1 Å². The van der Waals surface area contributed by atoms with Crippen molar-refractivity contribution in [3.05, 3.63) is 197 Å². The molecule has 0 radical (unpaired) electrons. The molecule has 1 atom stereocenters. The fourth-order valence-electron chi connectivity index (χ4n) is 7.48. The molecule has 53 heavy (non-hydrogen) atoms. The summed E-state index contributed by atoms with van der Waals surface area (Å²) in [6.07, 6.45) is 9.12. The maximum Gasteiger partial charge on any atom is 0.0464 e. The molecule has 3 heteroatoms. The van der Waals surface area contributed by atoms with Crippen molar-refractivity contribution in [3.63, 3.8) is 0 Å². The van der Waals surface area contributed by atoms with Crippen LogP contribution in [0.3, 0.4) is 0 Å². The Morgan fingerprint density at radius 2 is 1.00 bits per heavy atom. The first-order valence-corrected chi connectivity index (χ1v) is 18.4. The zero-order valence-electron chi connectivity index (χ0n) is 30.5. The predicted molar refractivity (Wildman–Crippen MR) is 228 cm³/mol. The zero-order valence-corrected chi connectivity index (χ0v) is 30.5. The minimum absolute atomic E-state index is 0.481. The predicted octanol–water partition coefficient (Wildman–Crippen LogP) is 14.0. The second-order valence-electron chi connectivity index (χ2n) is 14.1. The summed E-state index contributed by atoms with van der Waals surface area (Å²) in [5.74, 6) is 0.481. The third kappa shape index (κ3) is 6.94. The molecule has 0 fully saturated rings. The lowest BCUT2D eigenvalue weighted by Gasteiger charge is -2.33. The number of hydrogen-bond acceptors (Lipinski definition) is 3. The van der Waals surface area contributed by atoms with E-state index in [1.165, 1.54) is 50.2 Å². The monoisotopic (exact) mass is 685 g/mol. The summed E-state index contributed by atoms with van der Waals surface area (Å²) in [5, 5.41) is 12.6. The number of para-hydroxylation sites is 2. The lowest BCUT2D eigenvalue weighted by molar-refractivity contribution is 0.645. The SMILES string of the molecule is CC1=C(C)C(C)CC(N(c2ccc(C=N)cc2)c2ccc3c(ccc4cc(/C=C/c5ccc(N(c6ccccc6)c6ccccc6)cc5)ccc43)c2)=C1. The van der Waals surface area contributed by atoms with E-state index in [0.717, 1.165) is 46.0 Å². The first kappa shape index (κ1) is 33.7. The van der Waals surface area contributed by atoms with Gasteiger partial charge in [0.2, 0.25) is 0 Å². The molecule has 0 aliphatic heterocycles. The van der Waals surface area contributed by atoms with Gasteiger partial charge >= 0.3 is 0 Å². The van der Waals surface area contributed by atoms with Crippen molar-refractivity contribution in [2.24, 2.45) is 5.92 Å². The van der Waals surface area contributed by atoms with Gasteiger partial charge in [-0.25, -0.2) is 0 Å². The molecule has 1 aliphatic carbocycles. The number of nitrogens with zero attached hydrogens (tertiary/aromatic N) is 2. The Balaban J connectivity index is 1.07. The van der Waals surface area contributed by atoms with E-state index in [1.54, 1.807) is 0 Å². The summed E-state index contributed by atoms with van der Waals surface area (Å²) in [4.78, 5) is 4.68. The maximum atomic E-state index is 7.70. The van der Waals surface area contributed by atoms with E-state index in [4.69, 9.17) is 5.41 Å². The van der Waals surface area contributed by atoms with Gasteiger partial charge in [0.25, 0.3) is 0 Å². The Morgan fingerprint density at radius 1 is 0.509 bits per heavy atom. The van der Waals surface area contributed by atoms with Gasteiger partial charge in [0, 0.05) is 40.3 Å². The van der Waals surface area contributed by atoms with Gasteiger partial charge in [-0.1, -0.05) is 121 Å². The van der Waals surface area contributed by atoms with Gasteiger partial charge in [-0.3, -0.25) is 0 Å². The molecule has 7 aromatic rings. The number of anilines is 5. The van der Waals surface area contributed by atoms with Crippen molar-refractivity contribution in [2.45, 2.75) is 27.2 Å². The van der Waals surface area contributed by atoms with Gasteiger partial charge in [0.1, 0.15) is 0 Å². The molecule has 0 saturated carbocycles. The molecule has 0 spiro atoms. The van der Waals surface area contributed by atoms with Crippen molar-refractivity contribution in [3.8, 4) is 0 Å². The molecule has 0 amide bonds. The first-order valence-electron chi connectivity index (χ1n) is 18.4. The lowest BCUT2D eigenvalue weighted by Crippen LogP contribution is -2.21. The van der Waals surface area contributed by atoms with Crippen molar-refractivity contribution in [1.29, 1.82) is 5.41 Å². The van der Waals surface area contributed by atoms with Gasteiger partial charge in [0.05, 0.1) is 0 Å². The molecule has 7 aromatic carbocycles. The Hall–Kier alpha value is -6.45. The summed E-state index contributed by atoms with van der Waals surface area (Å²) in [6, 6.07) is 56.2. The molecular weight excluding hydrogens is 643 g/mol. The minimum atomic E-state index is 0.481. The number of rotatable bonds is 9. The van der Waals surface area contributed by atoms with Crippen LogP contribution in [0.15, 0.2) is 181 Å². The van der Waals surface area contributed by atoms with Gasteiger partial charge in [-0.05, 0) is 137 Å². The Bertz CT molecular complexity index is 2470. The number of fused-ring (bicyclic) bond motifs is 3. The highest BCUT2D eigenvalue weighted by atomic mass is 15.2. The summed E-state index contributed by atoms with van der Waals surface area (Å²) in [6.45, 7) is 6.79. The van der Waals surface area contributed by atoms with E-state index in [9.17, 15) is 0 Å². The first-order chi connectivity index (χ1) is 25.9. The Kier molecular flexibility index (Phi) is 9.31. The van der Waals surface area contributed by atoms with Crippen LogP contribution in [0.2, 0.25) is 0 Å². The van der Waals surface area contributed by atoms with Gasteiger partial charge < -0.3 is 15.2 Å². The molecule has 0 bridgehead atoms. The zero-order chi connectivity index (χ0) is 36.3. The maximum absolute atomic E-state index is 7.70. The van der Waals surface area contributed by atoms with E-state index in [2.05, 4.69) is 194 Å². The molecule has 0 aromatic heterocycles. The van der Waals surface area contributed by atoms with Crippen LogP contribution in [-0.4, -0.2) is 6.21 Å². The third-order valence-electron chi connectivity index (χ3n) is 10.6. The van der Waals surface area contributed by atoms with Gasteiger partial charge in [0.15, 0.2) is 0 Å². The van der Waals surface area contributed by atoms with Crippen LogP contribution < -0.4 is 9.80 Å². The second kappa shape index (κ2) is 14.7. The minimum Gasteiger partial charge on any atom is -0.314 e. The average molecular weight is 686 g/mol. The lowest BCUT2D eigenvalue weighted by atomic mass is 9.87. The second-order valence-corrected chi connectivity index (χ2v) is 14.1. The summed E-state index contributed by atoms with van der Waals surface area (Å²) in [5.41, 5.74) is 13.0. The molecule has 258 valence electrons. The van der Waals surface area contributed by atoms with E-state index >= 15 is 0 Å². The standard InChI is InChI=1S/C50H43N3/c1-35-30-48(31-36(2)37(35)3)53(46-25-18-40(34-51)19-26-46)47-27-29-50-42(33-47)22-21-41-32-39(20-28-49(41)50)15-14-38-16-23-45(24-17-38)52(43-10-6-4-7-11-43)44-12-8-5-9-13-44/h4-30,32-34,36,51H,31H2,1-3H3/b15-14+,51-34?. The van der Waals surface area contributed by atoms with Crippen molar-refractivity contribution < 1.29 is 0 Å². The smallest absolute Gasteiger partial charge is 0.0464 e. The third-order valence-corrected chi connectivity index (χ3v) is 10.6. The largest absolute Gasteiger partial charge is 0.314 e. The van der Waals surface area contributed by atoms with Crippen molar-refractivity contribution >= 4 is 68.3 Å². The molecule has 1 unspecified atom stereocenters. The summed E-state index contributed by atoms with van der Waals surface area (Å²) in [7, 11) is 0. The van der Waals surface area contributed by atoms with Gasteiger partial charge in [-0.2, -0.15) is 0 Å². The highest BCUT2D eigenvalue weighted by Gasteiger charge is 2.22. The number of hydrogen-bond donors (Lipinski definition) is 1. The number of nitrogens with one attached hydrogen (secondary N) is 1. The van der Waals surface area contributed by atoms with E-state index < -0.39 is 0 Å². The van der Waals surface area contributed by atoms with Crippen LogP contribution in [0.1, 0.15) is 43.9 Å². The highest BCUT2D eigenvalue weighted by molar-refractivity contribution is 6.09. The fourth-order valence-corrected chi connectivity index (χ4v) is 7.48. The van der Waals surface area contributed by atoms with Gasteiger partial charge in [-0.15, -0.1) is 0 Å². The molecule has 0 heterocycles. The summed E-state index contributed by atoms with van der Waals surface area (Å²) < 4.78 is 0. The molecule has 3 nitrogen and oxygen atoms in total. The fraction of sp³-hybridized carbons (Fsp3) is 0.100. The van der Waals surface area contributed by atoms with Crippen molar-refractivity contribution in [2.75, 3.05) is 9.80 Å². The average Bonchev–Trinajstić information content (AvgIpc) is 3.20. The normalized spacial score (nSPS) is 14.5. The van der Waals surface area contributed by atoms with Crippen LogP contribution in [0.5, 0.6) is 0 Å². The van der Waals surface area contributed by atoms with Crippen LogP contribution in [0.4, 0.5) is 28.4 Å². The topological polar surface area (TPSA) is 30.3 Å². The van der Waals surface area contributed by atoms with Crippen LogP contribution in [0.25, 0.3) is 33.7 Å². The Morgan fingerprint density at radius 3 is 1.60 bits per heavy atom. The number of allylic oxidation sites excluding steroid dienone is 4. The summed E-state index contributed by atoms with van der Waals surface area (Å²) >= 11 is 0. The molecule has 1 aliphatic rings.